The Balaban J connectivity index is 1.73. The number of nitrogens with one attached hydrogen (secondary N) is 1. The van der Waals surface area contributed by atoms with Gasteiger partial charge in [-0.25, -0.2) is 18.4 Å². The summed E-state index contributed by atoms with van der Waals surface area (Å²) in [5, 5.41) is 2.63. The first-order chi connectivity index (χ1) is 12.3. The number of carbonyl (C=O) groups is 1. The van der Waals surface area contributed by atoms with Crippen LogP contribution >= 0.6 is 0 Å². The predicted molar refractivity (Wildman–Crippen MR) is 97.3 cm³/mol. The van der Waals surface area contributed by atoms with E-state index in [0.717, 1.165) is 0 Å². The first-order valence-electron chi connectivity index (χ1n) is 7.88. The molecular formula is C15H19N7O3S. The molecule has 0 spiro atoms. The molecule has 0 aromatic carbocycles. The Labute approximate surface area is 151 Å². The zero-order valence-electron chi connectivity index (χ0n) is 14.2. The smallest absolute Gasteiger partial charge is 0.277 e. The average molecular weight is 377 g/mol. The van der Waals surface area contributed by atoms with E-state index in [1.165, 1.54) is 29.2 Å². The Bertz CT molecular complexity index is 897. The Hall–Kier alpha value is -2.79. The molecule has 0 saturated carbocycles. The fraction of sp³-hybridized carbons (Fsp3) is 0.333. The second-order valence-electron chi connectivity index (χ2n) is 5.80. The zero-order chi connectivity index (χ0) is 18.7. The third-order valence-corrected chi connectivity index (χ3v) is 5.27. The summed E-state index contributed by atoms with van der Waals surface area (Å²) < 4.78 is 24.6. The lowest BCUT2D eigenvalue weighted by Gasteiger charge is -2.34. The Morgan fingerprint density at radius 2 is 1.92 bits per heavy atom. The van der Waals surface area contributed by atoms with Gasteiger partial charge in [-0.2, -0.15) is 4.31 Å². The van der Waals surface area contributed by atoms with Crippen molar-refractivity contribution < 1.29 is 13.2 Å². The van der Waals surface area contributed by atoms with Crippen LogP contribution in [0.4, 0.5) is 17.3 Å². The van der Waals surface area contributed by atoms with Crippen molar-refractivity contribution in [3.8, 4) is 0 Å². The molecule has 0 bridgehead atoms. The van der Waals surface area contributed by atoms with Crippen LogP contribution in [-0.4, -0.2) is 66.0 Å². The number of carbonyl (C=O) groups excluding carboxylic acids is 1. The summed E-state index contributed by atoms with van der Waals surface area (Å²) >= 11 is 0. The van der Waals surface area contributed by atoms with E-state index in [4.69, 9.17) is 5.73 Å². The number of pyridine rings is 1. The third kappa shape index (κ3) is 4.06. The molecule has 3 rings (SSSR count). The van der Waals surface area contributed by atoms with Crippen LogP contribution in [0.2, 0.25) is 0 Å². The van der Waals surface area contributed by atoms with Gasteiger partial charge < -0.3 is 16.0 Å². The van der Waals surface area contributed by atoms with Crippen LogP contribution in [-0.2, 0) is 10.0 Å². The minimum Gasteiger partial charge on any atom is -0.396 e. The van der Waals surface area contributed by atoms with Crippen LogP contribution in [0.5, 0.6) is 0 Å². The van der Waals surface area contributed by atoms with Crippen molar-refractivity contribution >= 4 is 33.3 Å². The number of hydrogen-bond donors (Lipinski definition) is 2. The van der Waals surface area contributed by atoms with E-state index in [1.54, 1.807) is 12.1 Å². The van der Waals surface area contributed by atoms with Crippen molar-refractivity contribution in [2.24, 2.45) is 0 Å². The summed E-state index contributed by atoms with van der Waals surface area (Å²) in [4.78, 5) is 26.3. The maximum atomic E-state index is 12.2. The molecule has 1 amide bonds. The van der Waals surface area contributed by atoms with E-state index < -0.39 is 15.9 Å². The highest BCUT2D eigenvalue weighted by atomic mass is 32.2. The van der Waals surface area contributed by atoms with Gasteiger partial charge in [-0.05, 0) is 12.1 Å². The van der Waals surface area contributed by atoms with E-state index in [1.807, 2.05) is 4.90 Å². The lowest BCUT2D eigenvalue weighted by atomic mass is 10.3. The van der Waals surface area contributed by atoms with Crippen LogP contribution in [0.3, 0.4) is 0 Å². The lowest BCUT2D eigenvalue weighted by Crippen LogP contribution is -2.48. The molecular weight excluding hydrogens is 358 g/mol. The highest BCUT2D eigenvalue weighted by Crippen LogP contribution is 2.22. The molecule has 1 aliphatic heterocycles. The highest BCUT2D eigenvalue weighted by Gasteiger charge is 2.24. The summed E-state index contributed by atoms with van der Waals surface area (Å²) in [5.41, 5.74) is 6.38. The molecule has 1 saturated heterocycles. The molecule has 10 nitrogen and oxygen atoms in total. The first kappa shape index (κ1) is 18.0. The van der Waals surface area contributed by atoms with Crippen LogP contribution in [0, 0.1) is 0 Å². The molecule has 3 heterocycles. The summed E-state index contributed by atoms with van der Waals surface area (Å²) in [6, 6.07) is 3.39. The predicted octanol–water partition coefficient (Wildman–Crippen LogP) is -0.212. The number of nitrogens with zero attached hydrogens (tertiary/aromatic N) is 5. The first-order valence-corrected chi connectivity index (χ1v) is 9.73. The van der Waals surface area contributed by atoms with Crippen molar-refractivity contribution in [3.63, 3.8) is 0 Å². The van der Waals surface area contributed by atoms with Gasteiger partial charge in [0.05, 0.1) is 18.1 Å². The zero-order valence-corrected chi connectivity index (χ0v) is 15.0. The van der Waals surface area contributed by atoms with Gasteiger partial charge in [0.25, 0.3) is 5.91 Å². The van der Waals surface area contributed by atoms with Crippen molar-refractivity contribution in [3.05, 3.63) is 36.4 Å². The minimum atomic E-state index is -3.20. The van der Waals surface area contributed by atoms with Crippen LogP contribution < -0.4 is 16.0 Å². The van der Waals surface area contributed by atoms with Crippen LogP contribution in [0.15, 0.2) is 30.7 Å². The normalized spacial score (nSPS) is 15.7. The van der Waals surface area contributed by atoms with Crippen molar-refractivity contribution in [2.75, 3.05) is 48.4 Å². The number of rotatable bonds is 4. The van der Waals surface area contributed by atoms with E-state index in [0.29, 0.717) is 37.7 Å². The van der Waals surface area contributed by atoms with E-state index in [9.17, 15) is 13.2 Å². The van der Waals surface area contributed by atoms with Gasteiger partial charge >= 0.3 is 0 Å². The van der Waals surface area contributed by atoms with Crippen LogP contribution in [0.1, 0.15) is 10.5 Å². The van der Waals surface area contributed by atoms with E-state index in [-0.39, 0.29) is 11.5 Å². The maximum Gasteiger partial charge on any atom is 0.277 e. The third-order valence-electron chi connectivity index (χ3n) is 3.97. The standard InChI is InChI=1S/C15H19N7O3S/c1-26(24,25)22-8-6-21(7-9-22)13-3-2-11(16)14(19-13)20-15(23)12-10-17-4-5-18-12/h2-5,10H,6-9,16H2,1H3,(H,19,20,23). The summed E-state index contributed by atoms with van der Waals surface area (Å²) in [6.07, 6.45) is 5.44. The number of hydrogen-bond acceptors (Lipinski definition) is 8. The topological polar surface area (TPSA) is 134 Å². The molecule has 1 aliphatic rings. The monoisotopic (exact) mass is 377 g/mol. The molecule has 11 heteroatoms. The van der Waals surface area contributed by atoms with E-state index in [2.05, 4.69) is 20.3 Å². The van der Waals surface area contributed by atoms with Gasteiger partial charge in [0.1, 0.15) is 11.5 Å². The molecule has 0 aliphatic carbocycles. The van der Waals surface area contributed by atoms with E-state index >= 15 is 0 Å². The van der Waals surface area contributed by atoms with Crippen molar-refractivity contribution in [1.82, 2.24) is 19.3 Å². The number of anilines is 3. The largest absolute Gasteiger partial charge is 0.396 e. The summed E-state index contributed by atoms with van der Waals surface area (Å²) in [7, 11) is -3.20. The fourth-order valence-electron chi connectivity index (χ4n) is 2.57. The number of nitrogen functional groups attached to an aromatic ring is 1. The average Bonchev–Trinajstić information content (AvgIpc) is 2.63. The number of piperazine rings is 1. The summed E-state index contributed by atoms with van der Waals surface area (Å²) in [5.74, 6) is 0.377. The van der Waals surface area contributed by atoms with Crippen molar-refractivity contribution in [1.29, 1.82) is 0 Å². The van der Waals surface area contributed by atoms with Crippen molar-refractivity contribution in [2.45, 2.75) is 0 Å². The second-order valence-corrected chi connectivity index (χ2v) is 7.78. The van der Waals surface area contributed by atoms with Gasteiger partial charge in [-0.15, -0.1) is 0 Å². The molecule has 1 fully saturated rings. The Morgan fingerprint density at radius 3 is 2.54 bits per heavy atom. The molecule has 138 valence electrons. The van der Waals surface area contributed by atoms with Gasteiger partial charge in [0.2, 0.25) is 10.0 Å². The van der Waals surface area contributed by atoms with Gasteiger partial charge in [0, 0.05) is 38.6 Å². The quantitative estimate of drug-likeness (QED) is 0.747. The second kappa shape index (κ2) is 7.22. The molecule has 2 aromatic rings. The van der Waals surface area contributed by atoms with Gasteiger partial charge in [-0.1, -0.05) is 0 Å². The number of nitrogens with two attached hydrogens (primary N) is 1. The molecule has 26 heavy (non-hydrogen) atoms. The highest BCUT2D eigenvalue weighted by molar-refractivity contribution is 7.88. The number of sulfonamides is 1. The summed E-state index contributed by atoms with van der Waals surface area (Å²) in [6.45, 7) is 1.77. The molecule has 0 atom stereocenters. The lowest BCUT2D eigenvalue weighted by molar-refractivity contribution is 0.102. The maximum absolute atomic E-state index is 12.2. The molecule has 0 radical (unpaired) electrons. The minimum absolute atomic E-state index is 0.154. The van der Waals surface area contributed by atoms with Gasteiger partial charge in [0.15, 0.2) is 5.82 Å². The molecule has 0 unspecified atom stereocenters. The van der Waals surface area contributed by atoms with Gasteiger partial charge in [-0.3, -0.25) is 9.78 Å². The fourth-order valence-corrected chi connectivity index (χ4v) is 3.40. The Morgan fingerprint density at radius 1 is 1.19 bits per heavy atom. The SMILES string of the molecule is CS(=O)(=O)N1CCN(c2ccc(N)c(NC(=O)c3cnccn3)n2)CC1. The molecule has 3 N–H and O–H groups in total. The van der Waals surface area contributed by atoms with Crippen LogP contribution in [0.25, 0.3) is 0 Å². The number of aromatic nitrogens is 3. The number of amides is 1. The molecule has 2 aromatic heterocycles. The Kier molecular flexibility index (Phi) is 5.00.